The van der Waals surface area contributed by atoms with Crippen molar-refractivity contribution in [3.8, 4) is 0 Å². The van der Waals surface area contributed by atoms with E-state index < -0.39 is 9.84 Å². The molecule has 3 heterocycles. The van der Waals surface area contributed by atoms with E-state index in [2.05, 4.69) is 39.5 Å². The number of amides is 1. The van der Waals surface area contributed by atoms with Gasteiger partial charge in [-0.25, -0.2) is 8.42 Å². The maximum absolute atomic E-state index is 12.6. The van der Waals surface area contributed by atoms with Crippen LogP contribution in [-0.2, 0) is 21.1 Å². The molecule has 2 aromatic rings. The molecule has 31 heavy (non-hydrogen) atoms. The van der Waals surface area contributed by atoms with Crippen LogP contribution in [0.1, 0.15) is 18.9 Å². The molecule has 8 nitrogen and oxygen atoms in total. The normalized spacial score (nSPS) is 21.3. The molecule has 1 amide bonds. The molecule has 4 rings (SSSR count). The van der Waals surface area contributed by atoms with Gasteiger partial charge in [0.2, 0.25) is 11.0 Å². The van der Waals surface area contributed by atoms with Gasteiger partial charge in [-0.1, -0.05) is 42.2 Å². The average Bonchev–Trinajstić information content (AvgIpc) is 3.38. The summed E-state index contributed by atoms with van der Waals surface area (Å²) in [6.07, 6.45) is 1.72. The van der Waals surface area contributed by atoms with Crippen molar-refractivity contribution in [2.75, 3.05) is 48.8 Å². The molecule has 0 radical (unpaired) electrons. The van der Waals surface area contributed by atoms with Gasteiger partial charge in [-0.15, -0.1) is 10.2 Å². The fourth-order valence-electron chi connectivity index (χ4n) is 3.88. The van der Waals surface area contributed by atoms with Crippen LogP contribution in [0.5, 0.6) is 0 Å². The summed E-state index contributed by atoms with van der Waals surface area (Å²) in [7, 11) is -2.88. The van der Waals surface area contributed by atoms with Gasteiger partial charge in [0.05, 0.1) is 17.3 Å². The van der Waals surface area contributed by atoms with E-state index in [1.165, 1.54) is 28.7 Å². The molecule has 1 aromatic carbocycles. The van der Waals surface area contributed by atoms with Crippen LogP contribution in [0.2, 0.25) is 0 Å². The minimum Gasteiger partial charge on any atom is -0.339 e. The Bertz CT molecular complexity index is 1000. The van der Waals surface area contributed by atoms with Crippen LogP contribution < -0.4 is 5.32 Å². The highest BCUT2D eigenvalue weighted by Gasteiger charge is 2.34. The number of anilines is 2. The van der Waals surface area contributed by atoms with Crippen LogP contribution in [0.3, 0.4) is 0 Å². The molecule has 2 saturated heterocycles. The standard InChI is InChI=1S/C20H27N5O3S3/c1-2-15-3-5-16(6-4-15)21-19-22-23-20(30-19)29-13-18(26)25-10-8-24(9-11-25)17-7-12-31(27,28)14-17/h3-6,17H,2,7-14H2,1H3,(H,21,22). The van der Waals surface area contributed by atoms with E-state index >= 15 is 0 Å². The topological polar surface area (TPSA) is 95.5 Å². The highest BCUT2D eigenvalue weighted by Crippen LogP contribution is 2.28. The largest absolute Gasteiger partial charge is 0.339 e. The van der Waals surface area contributed by atoms with E-state index in [4.69, 9.17) is 0 Å². The molecular formula is C20H27N5O3S3. The number of nitrogens with zero attached hydrogens (tertiary/aromatic N) is 4. The van der Waals surface area contributed by atoms with Crippen molar-refractivity contribution in [2.24, 2.45) is 0 Å². The third-order valence-corrected chi connectivity index (χ3v) is 9.44. The van der Waals surface area contributed by atoms with Gasteiger partial charge in [0.25, 0.3) is 0 Å². The maximum Gasteiger partial charge on any atom is 0.233 e. The smallest absolute Gasteiger partial charge is 0.233 e. The van der Waals surface area contributed by atoms with E-state index in [1.807, 2.05) is 17.0 Å². The average molecular weight is 482 g/mol. The van der Waals surface area contributed by atoms with E-state index in [0.29, 0.717) is 30.4 Å². The number of hydrogen-bond acceptors (Lipinski definition) is 9. The number of piperazine rings is 1. The van der Waals surface area contributed by atoms with Crippen LogP contribution in [0.4, 0.5) is 10.8 Å². The SMILES string of the molecule is CCc1ccc(Nc2nnc(SCC(=O)N3CCN(C4CCS(=O)(=O)C4)CC3)s2)cc1. The molecule has 0 spiro atoms. The molecule has 1 aromatic heterocycles. The summed E-state index contributed by atoms with van der Waals surface area (Å²) >= 11 is 2.84. The van der Waals surface area contributed by atoms with E-state index in [0.717, 1.165) is 29.5 Å². The highest BCUT2D eigenvalue weighted by molar-refractivity contribution is 8.01. The lowest BCUT2D eigenvalue weighted by molar-refractivity contribution is -0.130. The monoisotopic (exact) mass is 481 g/mol. The van der Waals surface area contributed by atoms with Crippen molar-refractivity contribution in [3.05, 3.63) is 29.8 Å². The summed E-state index contributed by atoms with van der Waals surface area (Å²) in [6.45, 7) is 4.89. The van der Waals surface area contributed by atoms with Crippen LogP contribution in [0, 0.1) is 0 Å². The molecular weight excluding hydrogens is 454 g/mol. The van der Waals surface area contributed by atoms with E-state index in [9.17, 15) is 13.2 Å². The Morgan fingerprint density at radius 1 is 1.19 bits per heavy atom. The molecule has 0 bridgehead atoms. The molecule has 1 atom stereocenters. The van der Waals surface area contributed by atoms with Crippen molar-refractivity contribution < 1.29 is 13.2 Å². The predicted molar refractivity (Wildman–Crippen MR) is 125 cm³/mol. The lowest BCUT2D eigenvalue weighted by Crippen LogP contribution is -2.52. The molecule has 11 heteroatoms. The Kier molecular flexibility index (Phi) is 7.15. The van der Waals surface area contributed by atoms with Gasteiger partial charge < -0.3 is 10.2 Å². The number of aryl methyl sites for hydroxylation is 1. The molecule has 2 aliphatic heterocycles. The second-order valence-electron chi connectivity index (χ2n) is 7.81. The number of thioether (sulfide) groups is 1. The van der Waals surface area contributed by atoms with Crippen molar-refractivity contribution in [1.82, 2.24) is 20.0 Å². The van der Waals surface area contributed by atoms with Crippen LogP contribution >= 0.6 is 23.1 Å². The first-order valence-electron chi connectivity index (χ1n) is 10.5. The van der Waals surface area contributed by atoms with Gasteiger partial charge in [0, 0.05) is 37.9 Å². The Morgan fingerprint density at radius 3 is 2.58 bits per heavy atom. The Balaban J connectivity index is 1.21. The minimum absolute atomic E-state index is 0.0866. The summed E-state index contributed by atoms with van der Waals surface area (Å²) in [5.41, 5.74) is 2.25. The minimum atomic E-state index is -2.88. The summed E-state index contributed by atoms with van der Waals surface area (Å²) in [5.74, 6) is 0.962. The lowest BCUT2D eigenvalue weighted by atomic mass is 10.1. The zero-order chi connectivity index (χ0) is 21.8. The van der Waals surface area contributed by atoms with Gasteiger partial charge in [-0.2, -0.15) is 0 Å². The number of nitrogens with one attached hydrogen (secondary N) is 1. The number of carbonyl (C=O) groups is 1. The second kappa shape index (κ2) is 9.85. The molecule has 2 fully saturated rings. The summed E-state index contributed by atoms with van der Waals surface area (Å²) in [4.78, 5) is 16.7. The van der Waals surface area contributed by atoms with Crippen molar-refractivity contribution in [2.45, 2.75) is 30.1 Å². The predicted octanol–water partition coefficient (Wildman–Crippen LogP) is 2.27. The fraction of sp³-hybridized carbons (Fsp3) is 0.550. The van der Waals surface area contributed by atoms with Crippen molar-refractivity contribution >= 4 is 49.7 Å². The maximum atomic E-state index is 12.6. The van der Waals surface area contributed by atoms with Gasteiger partial charge in [0.15, 0.2) is 14.2 Å². The zero-order valence-electron chi connectivity index (χ0n) is 17.5. The number of aromatic nitrogens is 2. The number of rotatable bonds is 7. The number of carbonyl (C=O) groups excluding carboxylic acids is 1. The first-order chi connectivity index (χ1) is 14.9. The third-order valence-electron chi connectivity index (χ3n) is 5.73. The van der Waals surface area contributed by atoms with Gasteiger partial charge in [0.1, 0.15) is 0 Å². The first kappa shape index (κ1) is 22.5. The van der Waals surface area contributed by atoms with Crippen LogP contribution in [0.25, 0.3) is 0 Å². The van der Waals surface area contributed by atoms with Crippen LogP contribution in [-0.4, -0.2) is 83.8 Å². The third kappa shape index (κ3) is 5.97. The Labute approximate surface area is 191 Å². The summed E-state index contributed by atoms with van der Waals surface area (Å²) in [5, 5.41) is 12.3. The number of sulfone groups is 1. The summed E-state index contributed by atoms with van der Waals surface area (Å²) in [6, 6.07) is 8.34. The van der Waals surface area contributed by atoms with Gasteiger partial charge in [-0.3, -0.25) is 9.69 Å². The molecule has 1 unspecified atom stereocenters. The fourth-order valence-corrected chi connectivity index (χ4v) is 7.32. The number of hydrogen-bond donors (Lipinski definition) is 1. The highest BCUT2D eigenvalue weighted by atomic mass is 32.2. The van der Waals surface area contributed by atoms with E-state index in [1.54, 1.807) is 0 Å². The molecule has 0 saturated carbocycles. The van der Waals surface area contributed by atoms with Gasteiger partial charge >= 0.3 is 0 Å². The second-order valence-corrected chi connectivity index (χ2v) is 12.2. The van der Waals surface area contributed by atoms with E-state index in [-0.39, 0.29) is 23.5 Å². The van der Waals surface area contributed by atoms with Crippen LogP contribution in [0.15, 0.2) is 28.6 Å². The number of benzene rings is 1. The van der Waals surface area contributed by atoms with Gasteiger partial charge in [-0.05, 0) is 30.5 Å². The first-order valence-corrected chi connectivity index (χ1v) is 14.1. The molecule has 168 valence electrons. The molecule has 0 aliphatic carbocycles. The van der Waals surface area contributed by atoms with Crippen molar-refractivity contribution in [1.29, 1.82) is 0 Å². The zero-order valence-corrected chi connectivity index (χ0v) is 19.9. The molecule has 2 aliphatic rings. The Morgan fingerprint density at radius 2 is 1.94 bits per heavy atom. The lowest BCUT2D eigenvalue weighted by Gasteiger charge is -2.37. The van der Waals surface area contributed by atoms with Crippen molar-refractivity contribution in [3.63, 3.8) is 0 Å². The summed E-state index contributed by atoms with van der Waals surface area (Å²) < 4.78 is 24.2. The molecule has 1 N–H and O–H groups in total. The Hall–Kier alpha value is -1.69. The quantitative estimate of drug-likeness (QED) is 0.602.